The van der Waals surface area contributed by atoms with Crippen LogP contribution in [0.3, 0.4) is 0 Å². The standard InChI is InChI=1S/C42H56F2N4O6/c1-40(2,3)54-39(52)46-34(26-9-10-26)27-11-13-28(14-12-27)37(50)47-22-17-31(25-7-5-4-6-8-25)35(47)36(49)45-30-15-16-32-29(23-30)24-33-38(51)53-42(48(32)33)20-18-41(43,44)19-21-42/h15-16,23-28,31,34-35H,4-14,17-22H2,1-3H3,(H,45,49)(H,46,52)/t27?,28?,31-,34+,35-/m0/s1. The smallest absolute Gasteiger partial charge is 0.407 e. The first-order valence-electron chi connectivity index (χ1n) is 20.6. The minimum atomic E-state index is -2.77. The van der Waals surface area contributed by atoms with Crippen molar-refractivity contribution in [2.45, 2.75) is 153 Å². The van der Waals surface area contributed by atoms with Crippen LogP contribution in [0.1, 0.15) is 134 Å². The van der Waals surface area contributed by atoms with Gasteiger partial charge < -0.3 is 25.0 Å². The third kappa shape index (κ3) is 7.34. The van der Waals surface area contributed by atoms with Crippen molar-refractivity contribution >= 4 is 40.5 Å². The minimum absolute atomic E-state index is 0.0425. The van der Waals surface area contributed by atoms with Crippen molar-refractivity contribution in [1.29, 1.82) is 0 Å². The number of likely N-dealkylation sites (tertiary alicyclic amines) is 1. The first kappa shape index (κ1) is 37.2. The lowest BCUT2D eigenvalue weighted by atomic mass is 9.75. The Morgan fingerprint density at radius 1 is 0.889 bits per heavy atom. The molecule has 0 radical (unpaired) electrons. The summed E-state index contributed by atoms with van der Waals surface area (Å²) in [6.45, 7) is 6.17. The monoisotopic (exact) mass is 750 g/mol. The van der Waals surface area contributed by atoms with E-state index >= 15 is 0 Å². The first-order chi connectivity index (χ1) is 25.7. The highest BCUT2D eigenvalue weighted by molar-refractivity contribution is 6.02. The fraction of sp³-hybridized carbons (Fsp3) is 0.714. The number of amides is 3. The quantitative estimate of drug-likeness (QED) is 0.274. The fourth-order valence-corrected chi connectivity index (χ4v) is 10.6. The third-order valence-electron chi connectivity index (χ3n) is 13.4. The van der Waals surface area contributed by atoms with E-state index < -0.39 is 29.3 Å². The number of benzene rings is 1. The number of aromatic nitrogens is 1. The van der Waals surface area contributed by atoms with Crippen molar-refractivity contribution in [1.82, 2.24) is 14.8 Å². The Labute approximate surface area is 316 Å². The molecule has 12 heteroatoms. The van der Waals surface area contributed by atoms with Gasteiger partial charge in [0.15, 0.2) is 5.72 Å². The largest absolute Gasteiger partial charge is 0.444 e. The maximum atomic E-state index is 14.4. The number of nitrogens with one attached hydrogen (secondary N) is 2. The van der Waals surface area contributed by atoms with E-state index in [-0.39, 0.29) is 61.5 Å². The number of carbonyl (C=O) groups excluding carboxylic acids is 4. The molecule has 6 aliphatic rings. The Bertz CT molecular complexity index is 1770. The average molecular weight is 751 g/mol. The number of nitrogens with zero attached hydrogens (tertiary/aromatic N) is 2. The van der Waals surface area contributed by atoms with Crippen LogP contribution >= 0.6 is 0 Å². The summed E-state index contributed by atoms with van der Waals surface area (Å²) in [6.07, 6.45) is 10.8. The number of ether oxygens (including phenoxy) is 2. The Balaban J connectivity index is 0.973. The maximum Gasteiger partial charge on any atom is 0.407 e. The van der Waals surface area contributed by atoms with Crippen LogP contribution in [0.25, 0.3) is 10.9 Å². The van der Waals surface area contributed by atoms with Gasteiger partial charge in [-0.3, -0.25) is 14.2 Å². The first-order valence-corrected chi connectivity index (χ1v) is 20.6. The number of alkyl carbamates (subject to hydrolysis) is 1. The molecule has 294 valence electrons. The summed E-state index contributed by atoms with van der Waals surface area (Å²) in [5, 5.41) is 7.05. The van der Waals surface area contributed by atoms with Gasteiger partial charge in [0, 0.05) is 55.3 Å². The lowest BCUT2D eigenvalue weighted by Crippen LogP contribution is -2.50. The predicted molar refractivity (Wildman–Crippen MR) is 199 cm³/mol. The number of carbonyl (C=O) groups is 4. The summed E-state index contributed by atoms with van der Waals surface area (Å²) in [4.78, 5) is 56.3. The number of alkyl halides is 2. The molecule has 1 aromatic heterocycles. The molecule has 4 aliphatic carbocycles. The summed E-state index contributed by atoms with van der Waals surface area (Å²) < 4.78 is 41.3. The Kier molecular flexibility index (Phi) is 9.73. The van der Waals surface area contributed by atoms with Gasteiger partial charge in [0.1, 0.15) is 17.3 Å². The fourth-order valence-electron chi connectivity index (χ4n) is 10.6. The molecular formula is C42H56F2N4O6. The van der Waals surface area contributed by atoms with Crippen molar-refractivity contribution in [2.24, 2.45) is 29.6 Å². The van der Waals surface area contributed by atoms with Crippen molar-refractivity contribution in [2.75, 3.05) is 11.9 Å². The third-order valence-corrected chi connectivity index (χ3v) is 13.4. The zero-order valence-electron chi connectivity index (χ0n) is 32.0. The van der Waals surface area contributed by atoms with E-state index in [9.17, 15) is 28.0 Å². The molecule has 1 saturated heterocycles. The molecule has 3 atom stereocenters. The Morgan fingerprint density at radius 3 is 2.20 bits per heavy atom. The molecule has 1 spiro atoms. The highest BCUT2D eigenvalue weighted by atomic mass is 19.3. The van der Waals surface area contributed by atoms with Gasteiger partial charge in [0.05, 0.1) is 5.52 Å². The molecule has 8 rings (SSSR count). The number of esters is 1. The summed E-state index contributed by atoms with van der Waals surface area (Å²) >= 11 is 0. The van der Waals surface area contributed by atoms with E-state index in [1.807, 2.05) is 37.8 Å². The van der Waals surface area contributed by atoms with Crippen LogP contribution in [0.5, 0.6) is 0 Å². The normalized spacial score (nSPS) is 28.8. The molecule has 0 unspecified atom stereocenters. The van der Waals surface area contributed by atoms with E-state index in [1.54, 1.807) is 16.7 Å². The van der Waals surface area contributed by atoms with Gasteiger partial charge in [-0.2, -0.15) is 0 Å². The van der Waals surface area contributed by atoms with Crippen LogP contribution in [0.4, 0.5) is 19.3 Å². The number of hydrogen-bond acceptors (Lipinski definition) is 6. The number of hydrogen-bond donors (Lipinski definition) is 2. The average Bonchev–Trinajstić information content (AvgIpc) is 3.65. The SMILES string of the molecule is CC(C)(C)OC(=O)N[C@@H](C1CCC(C(=O)N2CC[C@@H](C3CCCCC3)[C@H]2C(=O)Nc2ccc3c(c2)cc2n3C3(CCC(F)(F)CC3)OC2=O)CC1)C1CC1. The number of anilines is 1. The van der Waals surface area contributed by atoms with Crippen molar-refractivity contribution in [3.05, 3.63) is 30.0 Å². The molecule has 2 aliphatic heterocycles. The molecule has 1 aromatic carbocycles. The summed E-state index contributed by atoms with van der Waals surface area (Å²) in [6, 6.07) is 6.66. The second-order valence-corrected chi connectivity index (χ2v) is 18.3. The molecular weight excluding hydrogens is 694 g/mol. The number of rotatable bonds is 7. The van der Waals surface area contributed by atoms with Crippen LogP contribution in [0, 0.1) is 29.6 Å². The number of fused-ring (bicyclic) bond motifs is 4. The van der Waals surface area contributed by atoms with Gasteiger partial charge in [-0.05, 0) is 114 Å². The van der Waals surface area contributed by atoms with Crippen LogP contribution in [-0.4, -0.2) is 63.5 Å². The molecule has 3 amide bonds. The maximum absolute atomic E-state index is 14.4. The van der Waals surface area contributed by atoms with E-state index in [0.717, 1.165) is 76.0 Å². The minimum Gasteiger partial charge on any atom is -0.444 e. The van der Waals surface area contributed by atoms with Gasteiger partial charge in [-0.25, -0.2) is 18.4 Å². The molecule has 3 heterocycles. The van der Waals surface area contributed by atoms with Crippen LogP contribution in [0.15, 0.2) is 24.3 Å². The number of halogens is 2. The summed E-state index contributed by atoms with van der Waals surface area (Å²) in [5.74, 6) is -2.34. The second kappa shape index (κ2) is 14.1. The van der Waals surface area contributed by atoms with E-state index in [0.29, 0.717) is 41.2 Å². The van der Waals surface area contributed by atoms with Crippen molar-refractivity contribution < 1.29 is 37.4 Å². The van der Waals surface area contributed by atoms with E-state index in [2.05, 4.69) is 10.6 Å². The van der Waals surface area contributed by atoms with Crippen LogP contribution in [-0.2, 0) is 24.8 Å². The van der Waals surface area contributed by atoms with Crippen molar-refractivity contribution in [3.63, 3.8) is 0 Å². The summed E-state index contributed by atoms with van der Waals surface area (Å²) in [7, 11) is 0. The Morgan fingerprint density at radius 2 is 1.56 bits per heavy atom. The zero-order valence-corrected chi connectivity index (χ0v) is 32.0. The molecule has 0 bridgehead atoms. The topological polar surface area (TPSA) is 119 Å². The van der Waals surface area contributed by atoms with Gasteiger partial charge in [-0.1, -0.05) is 32.1 Å². The highest BCUT2D eigenvalue weighted by Crippen LogP contribution is 2.49. The molecule has 2 aromatic rings. The van der Waals surface area contributed by atoms with Crippen LogP contribution < -0.4 is 10.6 Å². The molecule has 10 nitrogen and oxygen atoms in total. The van der Waals surface area contributed by atoms with Gasteiger partial charge in [0.2, 0.25) is 17.7 Å². The zero-order chi connectivity index (χ0) is 38.0. The molecule has 4 saturated carbocycles. The van der Waals surface area contributed by atoms with Gasteiger partial charge in [0.25, 0.3) is 0 Å². The van der Waals surface area contributed by atoms with E-state index in [4.69, 9.17) is 9.47 Å². The second-order valence-electron chi connectivity index (χ2n) is 18.3. The molecule has 2 N–H and O–H groups in total. The van der Waals surface area contributed by atoms with Gasteiger partial charge in [-0.15, -0.1) is 0 Å². The Hall–Kier alpha value is -3.70. The van der Waals surface area contributed by atoms with Gasteiger partial charge >= 0.3 is 12.1 Å². The molecule has 5 fully saturated rings. The summed E-state index contributed by atoms with van der Waals surface area (Å²) in [5.41, 5.74) is -0.0738. The predicted octanol–water partition coefficient (Wildman–Crippen LogP) is 8.52. The van der Waals surface area contributed by atoms with Crippen LogP contribution in [0.2, 0.25) is 0 Å². The van der Waals surface area contributed by atoms with E-state index in [1.165, 1.54) is 6.42 Å². The highest BCUT2D eigenvalue weighted by Gasteiger charge is 2.53. The molecule has 54 heavy (non-hydrogen) atoms. The van der Waals surface area contributed by atoms with Crippen molar-refractivity contribution in [3.8, 4) is 0 Å². The lowest BCUT2D eigenvalue weighted by molar-refractivity contribution is -0.142. The lowest BCUT2D eigenvalue weighted by Gasteiger charge is -2.38.